The maximum Gasteiger partial charge on any atom is 0.416 e. The van der Waals surface area contributed by atoms with E-state index in [0.717, 1.165) is 24.3 Å². The van der Waals surface area contributed by atoms with Gasteiger partial charge < -0.3 is 9.47 Å². The average molecular weight is 260 g/mol. The number of esters is 1. The molecule has 6 heteroatoms. The second-order valence-electron chi connectivity index (χ2n) is 3.32. The molecule has 0 radical (unpaired) electrons. The van der Waals surface area contributed by atoms with Crippen molar-refractivity contribution in [1.82, 2.24) is 0 Å². The fraction of sp³-hybridized carbons (Fsp3) is 0.250. The number of hydrogen-bond acceptors (Lipinski definition) is 3. The van der Waals surface area contributed by atoms with Crippen molar-refractivity contribution in [3.8, 4) is 5.75 Å². The van der Waals surface area contributed by atoms with Crippen LogP contribution in [0.1, 0.15) is 5.56 Å². The molecule has 1 rings (SSSR count). The summed E-state index contributed by atoms with van der Waals surface area (Å²) in [7, 11) is 1.18. The summed E-state index contributed by atoms with van der Waals surface area (Å²) < 4.78 is 46.5. The lowest BCUT2D eigenvalue weighted by Gasteiger charge is -2.13. The number of halogens is 3. The first kappa shape index (κ1) is 14.1. The van der Waals surface area contributed by atoms with Crippen molar-refractivity contribution in [3.05, 3.63) is 42.5 Å². The van der Waals surface area contributed by atoms with Gasteiger partial charge in [0.25, 0.3) is 0 Å². The number of hydrogen-bond donors (Lipinski definition) is 0. The molecule has 1 atom stereocenters. The van der Waals surface area contributed by atoms with Gasteiger partial charge in [-0.2, -0.15) is 13.2 Å². The van der Waals surface area contributed by atoms with Crippen molar-refractivity contribution in [3.63, 3.8) is 0 Å². The van der Waals surface area contributed by atoms with Crippen LogP contribution >= 0.6 is 0 Å². The average Bonchev–Trinajstić information content (AvgIpc) is 2.34. The number of methoxy groups -OCH3 is 1. The molecule has 0 aliphatic rings. The lowest BCUT2D eigenvalue weighted by molar-refractivity contribution is -0.146. The Balaban J connectivity index is 2.80. The first-order valence-corrected chi connectivity index (χ1v) is 4.92. The largest absolute Gasteiger partial charge is 0.475 e. The number of benzene rings is 1. The van der Waals surface area contributed by atoms with Crippen LogP contribution in [0.4, 0.5) is 13.2 Å². The molecule has 18 heavy (non-hydrogen) atoms. The monoisotopic (exact) mass is 260 g/mol. The summed E-state index contributed by atoms with van der Waals surface area (Å²) in [5.74, 6) is -0.553. The summed E-state index contributed by atoms with van der Waals surface area (Å²) in [4.78, 5) is 11.2. The van der Waals surface area contributed by atoms with Crippen molar-refractivity contribution < 1.29 is 27.4 Å². The fourth-order valence-corrected chi connectivity index (χ4v) is 1.18. The van der Waals surface area contributed by atoms with E-state index in [1.54, 1.807) is 0 Å². The normalized spacial score (nSPS) is 12.7. The van der Waals surface area contributed by atoms with Crippen LogP contribution in [-0.4, -0.2) is 19.2 Å². The molecule has 1 aromatic rings. The third-order valence-corrected chi connectivity index (χ3v) is 2.09. The summed E-state index contributed by atoms with van der Waals surface area (Å²) in [6.07, 6.45) is -4.26. The highest BCUT2D eigenvalue weighted by molar-refractivity contribution is 5.77. The Kier molecular flexibility index (Phi) is 4.36. The molecular weight excluding hydrogens is 249 g/mol. The van der Waals surface area contributed by atoms with E-state index < -0.39 is 23.8 Å². The molecule has 0 bridgehead atoms. The minimum absolute atomic E-state index is 0.123. The predicted octanol–water partition coefficient (Wildman–Crippen LogP) is 2.81. The first-order valence-electron chi connectivity index (χ1n) is 4.92. The Hall–Kier alpha value is -1.98. The van der Waals surface area contributed by atoms with Gasteiger partial charge in [0.15, 0.2) is 0 Å². The predicted molar refractivity (Wildman–Crippen MR) is 58.1 cm³/mol. The Morgan fingerprint density at radius 2 is 1.89 bits per heavy atom. The van der Waals surface area contributed by atoms with Crippen LogP contribution in [0.3, 0.4) is 0 Å². The van der Waals surface area contributed by atoms with Crippen LogP contribution in [0.25, 0.3) is 0 Å². The van der Waals surface area contributed by atoms with Gasteiger partial charge in [-0.25, -0.2) is 4.79 Å². The van der Waals surface area contributed by atoms with Gasteiger partial charge in [-0.1, -0.05) is 6.58 Å². The standard InChI is InChI=1S/C12H11F3O3/c1-3-10(11(16)17-2)18-9-6-4-8(5-7-9)12(13,14)15/h3-7,10H,1H2,2H3. The molecule has 0 aromatic heterocycles. The molecule has 0 amide bonds. The minimum atomic E-state index is -4.40. The van der Waals surface area contributed by atoms with E-state index in [1.165, 1.54) is 13.2 Å². The van der Waals surface area contributed by atoms with Crippen molar-refractivity contribution in [2.24, 2.45) is 0 Å². The Labute approximate surface area is 102 Å². The molecular formula is C12H11F3O3. The molecule has 0 fully saturated rings. The van der Waals surface area contributed by atoms with E-state index in [4.69, 9.17) is 4.74 Å². The molecule has 0 aliphatic carbocycles. The summed E-state index contributed by atoms with van der Waals surface area (Å²) in [6, 6.07) is 3.99. The highest BCUT2D eigenvalue weighted by Gasteiger charge is 2.30. The van der Waals surface area contributed by atoms with Crippen molar-refractivity contribution in [2.75, 3.05) is 7.11 Å². The molecule has 0 heterocycles. The number of ether oxygens (including phenoxy) is 2. The van der Waals surface area contributed by atoms with Gasteiger partial charge in [-0.05, 0) is 30.3 Å². The summed E-state index contributed by atoms with van der Waals surface area (Å²) in [6.45, 7) is 3.38. The lowest BCUT2D eigenvalue weighted by Crippen LogP contribution is -2.26. The highest BCUT2D eigenvalue weighted by atomic mass is 19.4. The molecule has 0 N–H and O–H groups in total. The van der Waals surface area contributed by atoms with Crippen LogP contribution in [0, 0.1) is 0 Å². The van der Waals surface area contributed by atoms with Crippen LogP contribution < -0.4 is 4.74 Å². The Morgan fingerprint density at radius 1 is 1.33 bits per heavy atom. The maximum atomic E-state index is 12.3. The molecule has 3 nitrogen and oxygen atoms in total. The maximum absolute atomic E-state index is 12.3. The lowest BCUT2D eigenvalue weighted by atomic mass is 10.2. The van der Waals surface area contributed by atoms with Crippen molar-refractivity contribution >= 4 is 5.97 Å². The highest BCUT2D eigenvalue weighted by Crippen LogP contribution is 2.30. The van der Waals surface area contributed by atoms with Crippen molar-refractivity contribution in [1.29, 1.82) is 0 Å². The number of carbonyl (C=O) groups is 1. The molecule has 0 spiro atoms. The minimum Gasteiger partial charge on any atom is -0.475 e. The van der Waals surface area contributed by atoms with Crippen LogP contribution in [-0.2, 0) is 15.7 Å². The zero-order valence-electron chi connectivity index (χ0n) is 9.53. The zero-order chi connectivity index (χ0) is 13.8. The van der Waals surface area contributed by atoms with Crippen molar-refractivity contribution in [2.45, 2.75) is 12.3 Å². The molecule has 1 unspecified atom stereocenters. The SMILES string of the molecule is C=CC(Oc1ccc(C(F)(F)F)cc1)C(=O)OC. The van der Waals surface area contributed by atoms with Gasteiger partial charge >= 0.3 is 12.1 Å². The second-order valence-corrected chi connectivity index (χ2v) is 3.32. The molecule has 1 aromatic carbocycles. The van der Waals surface area contributed by atoms with Crippen LogP contribution in [0.5, 0.6) is 5.75 Å². The third kappa shape index (κ3) is 3.51. The Bertz CT molecular complexity index is 423. The summed E-state index contributed by atoms with van der Waals surface area (Å²) in [5, 5.41) is 0. The summed E-state index contributed by atoms with van der Waals surface area (Å²) >= 11 is 0. The third-order valence-electron chi connectivity index (χ3n) is 2.09. The topological polar surface area (TPSA) is 35.5 Å². The quantitative estimate of drug-likeness (QED) is 0.617. The Morgan fingerprint density at radius 3 is 2.28 bits per heavy atom. The number of alkyl halides is 3. The summed E-state index contributed by atoms with van der Waals surface area (Å²) in [5.41, 5.74) is -0.789. The van der Waals surface area contributed by atoms with Gasteiger partial charge in [0.05, 0.1) is 12.7 Å². The number of carbonyl (C=O) groups excluding carboxylic acids is 1. The fourth-order valence-electron chi connectivity index (χ4n) is 1.18. The molecule has 0 saturated carbocycles. The van der Waals surface area contributed by atoms with Crippen LogP contribution in [0.15, 0.2) is 36.9 Å². The molecule has 0 aliphatic heterocycles. The van der Waals surface area contributed by atoms with E-state index >= 15 is 0 Å². The van der Waals surface area contributed by atoms with Gasteiger partial charge in [-0.3, -0.25) is 0 Å². The smallest absolute Gasteiger partial charge is 0.416 e. The van der Waals surface area contributed by atoms with Crippen LogP contribution in [0.2, 0.25) is 0 Å². The number of rotatable bonds is 4. The van der Waals surface area contributed by atoms with Gasteiger partial charge in [0.2, 0.25) is 6.10 Å². The second kappa shape index (κ2) is 5.57. The van der Waals surface area contributed by atoms with E-state index in [9.17, 15) is 18.0 Å². The first-order chi connectivity index (χ1) is 8.38. The molecule has 98 valence electrons. The van der Waals surface area contributed by atoms with E-state index in [-0.39, 0.29) is 5.75 Å². The molecule has 0 saturated heterocycles. The van der Waals surface area contributed by atoms with Gasteiger partial charge in [-0.15, -0.1) is 0 Å². The zero-order valence-corrected chi connectivity index (χ0v) is 9.53. The van der Waals surface area contributed by atoms with Gasteiger partial charge in [0, 0.05) is 0 Å². The van der Waals surface area contributed by atoms with Gasteiger partial charge in [0.1, 0.15) is 5.75 Å². The van der Waals surface area contributed by atoms with E-state index in [1.807, 2.05) is 0 Å². The van der Waals surface area contributed by atoms with E-state index in [2.05, 4.69) is 11.3 Å². The van der Waals surface area contributed by atoms with E-state index in [0.29, 0.717) is 0 Å².